The van der Waals surface area contributed by atoms with Crippen LogP contribution in [0, 0.1) is 29.6 Å². The van der Waals surface area contributed by atoms with E-state index in [0.717, 1.165) is 48.0 Å². The average molecular weight is 439 g/mol. The van der Waals surface area contributed by atoms with Gasteiger partial charge in [-0.05, 0) is 85.8 Å². The van der Waals surface area contributed by atoms with Crippen molar-refractivity contribution in [2.24, 2.45) is 29.6 Å². The summed E-state index contributed by atoms with van der Waals surface area (Å²) in [6, 6.07) is 6.40. The molecule has 0 amide bonds. The molecule has 4 heteroatoms. The standard InChI is InChI=1S/C27H41F3O/c1-3-20(2)4-5-21-8-14-24(15-9-21)25-16-10-22(11-17-25)6-7-23-12-18-26(19-13-23)31-27(28,29)30/h12-13,18-22,24-25H,3-11,14-17H2,1-2H3. The Kier molecular flexibility index (Phi) is 9.16. The van der Waals surface area contributed by atoms with Gasteiger partial charge in [0.1, 0.15) is 5.75 Å². The Morgan fingerprint density at radius 3 is 1.84 bits per heavy atom. The van der Waals surface area contributed by atoms with E-state index < -0.39 is 6.36 Å². The van der Waals surface area contributed by atoms with Gasteiger partial charge in [0.2, 0.25) is 0 Å². The van der Waals surface area contributed by atoms with Crippen LogP contribution in [0.2, 0.25) is 0 Å². The first-order valence-corrected chi connectivity index (χ1v) is 12.7. The zero-order chi connectivity index (χ0) is 22.3. The molecule has 2 fully saturated rings. The number of aryl methyl sites for hydroxylation is 1. The second kappa shape index (κ2) is 11.6. The van der Waals surface area contributed by atoms with Crippen LogP contribution >= 0.6 is 0 Å². The number of alkyl halides is 3. The third-order valence-corrected chi connectivity index (χ3v) is 8.21. The van der Waals surface area contributed by atoms with E-state index in [0.29, 0.717) is 0 Å². The number of hydrogen-bond donors (Lipinski definition) is 0. The largest absolute Gasteiger partial charge is 0.573 e. The van der Waals surface area contributed by atoms with Crippen molar-refractivity contribution in [3.05, 3.63) is 29.8 Å². The monoisotopic (exact) mass is 438 g/mol. The number of rotatable bonds is 9. The number of halogens is 3. The lowest BCUT2D eigenvalue weighted by Gasteiger charge is -2.38. The summed E-state index contributed by atoms with van der Waals surface area (Å²) in [5.41, 5.74) is 1.10. The zero-order valence-electron chi connectivity index (χ0n) is 19.4. The van der Waals surface area contributed by atoms with Crippen molar-refractivity contribution in [2.75, 3.05) is 0 Å². The lowest BCUT2D eigenvalue weighted by molar-refractivity contribution is -0.274. The van der Waals surface area contributed by atoms with Gasteiger partial charge in [-0.3, -0.25) is 0 Å². The van der Waals surface area contributed by atoms with Crippen LogP contribution in [0.3, 0.4) is 0 Å². The van der Waals surface area contributed by atoms with Crippen molar-refractivity contribution < 1.29 is 17.9 Å². The molecule has 2 saturated carbocycles. The fourth-order valence-corrected chi connectivity index (χ4v) is 5.85. The molecular formula is C27H41F3O. The van der Waals surface area contributed by atoms with Crippen molar-refractivity contribution >= 4 is 0 Å². The molecule has 0 spiro atoms. The van der Waals surface area contributed by atoms with Gasteiger partial charge in [-0.25, -0.2) is 0 Å². The lowest BCUT2D eigenvalue weighted by Crippen LogP contribution is -2.26. The van der Waals surface area contributed by atoms with Crippen LogP contribution in [-0.2, 0) is 6.42 Å². The molecule has 0 N–H and O–H groups in total. The Balaban J connectivity index is 1.32. The molecule has 1 aromatic rings. The first-order chi connectivity index (χ1) is 14.8. The van der Waals surface area contributed by atoms with Gasteiger partial charge in [-0.2, -0.15) is 0 Å². The summed E-state index contributed by atoms with van der Waals surface area (Å²) < 4.78 is 40.8. The molecule has 2 aliphatic carbocycles. The lowest BCUT2D eigenvalue weighted by atomic mass is 9.68. The molecule has 0 heterocycles. The Morgan fingerprint density at radius 1 is 0.839 bits per heavy atom. The number of hydrogen-bond acceptors (Lipinski definition) is 1. The van der Waals surface area contributed by atoms with E-state index in [9.17, 15) is 13.2 Å². The van der Waals surface area contributed by atoms with Crippen LogP contribution in [0.5, 0.6) is 5.75 Å². The zero-order valence-corrected chi connectivity index (χ0v) is 19.4. The van der Waals surface area contributed by atoms with E-state index in [-0.39, 0.29) is 5.75 Å². The van der Waals surface area contributed by atoms with Gasteiger partial charge in [0.15, 0.2) is 0 Å². The van der Waals surface area contributed by atoms with E-state index >= 15 is 0 Å². The van der Waals surface area contributed by atoms with Gasteiger partial charge >= 0.3 is 6.36 Å². The number of benzene rings is 1. The van der Waals surface area contributed by atoms with E-state index in [1.165, 1.54) is 82.8 Å². The van der Waals surface area contributed by atoms with Crippen LogP contribution in [0.4, 0.5) is 13.2 Å². The van der Waals surface area contributed by atoms with Gasteiger partial charge in [-0.1, -0.05) is 70.9 Å². The summed E-state index contributed by atoms with van der Waals surface area (Å²) in [4.78, 5) is 0. The minimum absolute atomic E-state index is 0.133. The first-order valence-electron chi connectivity index (χ1n) is 12.7. The van der Waals surface area contributed by atoms with Crippen molar-refractivity contribution in [1.29, 1.82) is 0 Å². The molecule has 1 atom stereocenters. The summed E-state index contributed by atoms with van der Waals surface area (Å²) in [5.74, 6) is 4.40. The van der Waals surface area contributed by atoms with Crippen LogP contribution < -0.4 is 4.74 Å². The van der Waals surface area contributed by atoms with Crippen LogP contribution in [-0.4, -0.2) is 6.36 Å². The van der Waals surface area contributed by atoms with E-state index in [1.807, 2.05) is 0 Å². The fourth-order valence-electron chi connectivity index (χ4n) is 5.85. The second-order valence-electron chi connectivity index (χ2n) is 10.4. The molecule has 0 aliphatic heterocycles. The predicted octanol–water partition coefficient (Wildman–Crippen LogP) is 8.96. The highest BCUT2D eigenvalue weighted by atomic mass is 19.4. The quantitative estimate of drug-likeness (QED) is 0.374. The van der Waals surface area contributed by atoms with Crippen molar-refractivity contribution in [2.45, 2.75) is 104 Å². The molecule has 1 aromatic carbocycles. The normalized spacial score (nSPS) is 28.3. The molecule has 0 radical (unpaired) electrons. The van der Waals surface area contributed by atoms with Crippen molar-refractivity contribution in [3.8, 4) is 5.75 Å². The number of ether oxygens (including phenoxy) is 1. The van der Waals surface area contributed by atoms with Crippen LogP contribution in [0.25, 0.3) is 0 Å². The molecule has 176 valence electrons. The highest BCUT2D eigenvalue weighted by Crippen LogP contribution is 2.43. The minimum atomic E-state index is -4.62. The Bertz CT molecular complexity index is 623. The van der Waals surface area contributed by atoms with Gasteiger partial charge in [0.25, 0.3) is 0 Å². The molecule has 1 unspecified atom stereocenters. The van der Waals surface area contributed by atoms with Gasteiger partial charge < -0.3 is 4.74 Å². The fraction of sp³-hybridized carbons (Fsp3) is 0.778. The third kappa shape index (κ3) is 8.35. The topological polar surface area (TPSA) is 9.23 Å². The van der Waals surface area contributed by atoms with Crippen molar-refractivity contribution in [1.82, 2.24) is 0 Å². The average Bonchev–Trinajstić information content (AvgIpc) is 2.77. The third-order valence-electron chi connectivity index (χ3n) is 8.21. The summed E-state index contributed by atoms with van der Waals surface area (Å²) in [6.45, 7) is 4.70. The smallest absolute Gasteiger partial charge is 0.406 e. The summed E-state index contributed by atoms with van der Waals surface area (Å²) in [7, 11) is 0. The van der Waals surface area contributed by atoms with Crippen LogP contribution in [0.1, 0.15) is 96.5 Å². The highest BCUT2D eigenvalue weighted by molar-refractivity contribution is 5.27. The molecule has 3 rings (SSSR count). The van der Waals surface area contributed by atoms with Gasteiger partial charge in [-0.15, -0.1) is 13.2 Å². The molecule has 1 nitrogen and oxygen atoms in total. The summed E-state index contributed by atoms with van der Waals surface area (Å²) in [6.07, 6.45) is 12.9. The first kappa shape index (κ1) is 24.5. The molecule has 0 aromatic heterocycles. The maximum Gasteiger partial charge on any atom is 0.573 e. The Hall–Kier alpha value is -1.19. The second-order valence-corrected chi connectivity index (χ2v) is 10.4. The summed E-state index contributed by atoms with van der Waals surface area (Å²) >= 11 is 0. The minimum Gasteiger partial charge on any atom is -0.406 e. The maximum absolute atomic E-state index is 12.3. The molecular weight excluding hydrogens is 397 g/mol. The van der Waals surface area contributed by atoms with Gasteiger partial charge in [0.05, 0.1) is 0 Å². The molecule has 0 bridgehead atoms. The van der Waals surface area contributed by atoms with E-state index in [2.05, 4.69) is 18.6 Å². The van der Waals surface area contributed by atoms with E-state index in [1.54, 1.807) is 12.1 Å². The summed E-state index contributed by atoms with van der Waals surface area (Å²) in [5, 5.41) is 0. The van der Waals surface area contributed by atoms with Crippen molar-refractivity contribution in [3.63, 3.8) is 0 Å². The highest BCUT2D eigenvalue weighted by Gasteiger charge is 2.32. The molecule has 2 aliphatic rings. The maximum atomic E-state index is 12.3. The molecule has 31 heavy (non-hydrogen) atoms. The van der Waals surface area contributed by atoms with E-state index in [4.69, 9.17) is 0 Å². The Labute approximate surface area is 187 Å². The molecule has 0 saturated heterocycles. The van der Waals surface area contributed by atoms with Crippen LogP contribution in [0.15, 0.2) is 24.3 Å². The predicted molar refractivity (Wildman–Crippen MR) is 121 cm³/mol. The SMILES string of the molecule is CCC(C)CCC1CCC(C2CCC(CCc3ccc(OC(F)(F)F)cc3)CC2)CC1. The van der Waals surface area contributed by atoms with Gasteiger partial charge in [0, 0.05) is 0 Å². The Morgan fingerprint density at radius 2 is 1.35 bits per heavy atom.